The number of nitrogens with zero attached hydrogens (tertiary/aromatic N) is 2. The van der Waals surface area contributed by atoms with Gasteiger partial charge < -0.3 is 9.64 Å². The predicted octanol–water partition coefficient (Wildman–Crippen LogP) is 2.08. The van der Waals surface area contributed by atoms with Gasteiger partial charge in [-0.25, -0.2) is 9.69 Å². The molecule has 25 heavy (non-hydrogen) atoms. The van der Waals surface area contributed by atoms with Gasteiger partial charge >= 0.3 is 5.97 Å². The van der Waals surface area contributed by atoms with Gasteiger partial charge in [0.25, 0.3) is 0 Å². The monoisotopic (exact) mass is 344 g/mol. The highest BCUT2D eigenvalue weighted by Crippen LogP contribution is 2.29. The number of amides is 2. The van der Waals surface area contributed by atoms with Crippen LogP contribution in [0.1, 0.15) is 36.5 Å². The second-order valence-corrected chi connectivity index (χ2v) is 7.06. The van der Waals surface area contributed by atoms with Crippen LogP contribution in [0.25, 0.3) is 0 Å². The molecule has 2 aliphatic rings. The fraction of sp³-hybridized carbons (Fsp3) is 0.526. The number of carbonyl (C=O) groups excluding carboxylic acids is 3. The van der Waals surface area contributed by atoms with E-state index in [9.17, 15) is 14.4 Å². The van der Waals surface area contributed by atoms with E-state index in [-0.39, 0.29) is 29.7 Å². The maximum absolute atomic E-state index is 12.6. The molecule has 2 unspecified atom stereocenters. The molecule has 0 N–H and O–H groups in total. The topological polar surface area (TPSA) is 66.9 Å². The summed E-state index contributed by atoms with van der Waals surface area (Å²) in [7, 11) is 2.06. The van der Waals surface area contributed by atoms with Gasteiger partial charge in [0, 0.05) is 24.8 Å². The maximum atomic E-state index is 12.6. The lowest BCUT2D eigenvalue weighted by Crippen LogP contribution is -2.35. The molecule has 1 aromatic carbocycles. The summed E-state index contributed by atoms with van der Waals surface area (Å²) in [6.07, 6.45) is 2.32. The molecule has 2 atom stereocenters. The number of hydrogen-bond donors (Lipinski definition) is 0. The summed E-state index contributed by atoms with van der Waals surface area (Å²) in [6, 6.07) is 6.65. The summed E-state index contributed by atoms with van der Waals surface area (Å²) in [6.45, 7) is 4.07. The van der Waals surface area contributed by atoms with Crippen molar-refractivity contribution in [2.45, 2.75) is 26.2 Å². The van der Waals surface area contributed by atoms with Crippen molar-refractivity contribution in [2.75, 3.05) is 31.6 Å². The molecule has 3 rings (SSSR count). The van der Waals surface area contributed by atoms with E-state index >= 15 is 0 Å². The number of hydrogen-bond acceptors (Lipinski definition) is 5. The summed E-state index contributed by atoms with van der Waals surface area (Å²) < 4.78 is 5.50. The first-order valence-corrected chi connectivity index (χ1v) is 8.79. The fourth-order valence-corrected chi connectivity index (χ4v) is 3.56. The molecule has 0 saturated carbocycles. The summed E-state index contributed by atoms with van der Waals surface area (Å²) in [5, 5.41) is 0. The Morgan fingerprint density at radius 2 is 2.04 bits per heavy atom. The van der Waals surface area contributed by atoms with Crippen LogP contribution in [0.5, 0.6) is 0 Å². The maximum Gasteiger partial charge on any atom is 0.340 e. The Balaban J connectivity index is 1.73. The van der Waals surface area contributed by atoms with Crippen LogP contribution < -0.4 is 4.90 Å². The highest BCUT2D eigenvalue weighted by molar-refractivity contribution is 6.22. The summed E-state index contributed by atoms with van der Waals surface area (Å²) in [5.41, 5.74) is 0.593. The second kappa shape index (κ2) is 7.35. The number of esters is 1. The number of carbonyl (C=O) groups is 3. The van der Waals surface area contributed by atoms with Gasteiger partial charge in [-0.15, -0.1) is 0 Å². The molecule has 0 aromatic heterocycles. The third-order valence-corrected chi connectivity index (χ3v) is 4.91. The molecule has 0 radical (unpaired) electrons. The highest BCUT2D eigenvalue weighted by atomic mass is 16.5. The first-order chi connectivity index (χ1) is 12.0. The molecule has 2 heterocycles. The lowest BCUT2D eigenvalue weighted by molar-refractivity contribution is -0.122. The van der Waals surface area contributed by atoms with E-state index in [4.69, 9.17) is 4.74 Å². The Kier molecular flexibility index (Phi) is 5.18. The molecule has 2 amide bonds. The summed E-state index contributed by atoms with van der Waals surface area (Å²) in [5.74, 6) is -1.05. The molecule has 0 bridgehead atoms. The molecule has 6 heteroatoms. The average Bonchev–Trinajstić information content (AvgIpc) is 2.85. The minimum Gasteiger partial charge on any atom is -0.462 e. The van der Waals surface area contributed by atoms with Gasteiger partial charge in [0.1, 0.15) is 0 Å². The van der Waals surface area contributed by atoms with Crippen molar-refractivity contribution in [1.82, 2.24) is 4.90 Å². The molecule has 1 aromatic rings. The van der Waals surface area contributed by atoms with Crippen molar-refractivity contribution in [1.29, 1.82) is 0 Å². The van der Waals surface area contributed by atoms with Gasteiger partial charge in [0.05, 0.1) is 17.9 Å². The Bertz CT molecular complexity index is 688. The standard InChI is InChI=1S/C19H24N2O4/c1-13-10-17(22)21(18(13)23)16-8-4-3-7-15(16)19(24)25-12-14-6-5-9-20(2)11-14/h3-4,7-8,13-14H,5-6,9-12H2,1-2H3. The third-order valence-electron chi connectivity index (χ3n) is 4.91. The number of rotatable bonds is 4. The van der Waals surface area contributed by atoms with E-state index < -0.39 is 5.97 Å². The molecule has 2 saturated heterocycles. The number of anilines is 1. The Labute approximate surface area is 147 Å². The van der Waals surface area contributed by atoms with Crippen molar-refractivity contribution in [3.8, 4) is 0 Å². The van der Waals surface area contributed by atoms with Crippen molar-refractivity contribution in [3.05, 3.63) is 29.8 Å². The Morgan fingerprint density at radius 1 is 1.28 bits per heavy atom. The van der Waals surface area contributed by atoms with Crippen LogP contribution in [0.3, 0.4) is 0 Å². The van der Waals surface area contributed by atoms with Gasteiger partial charge in [0.15, 0.2) is 0 Å². The predicted molar refractivity (Wildman–Crippen MR) is 93.2 cm³/mol. The number of ether oxygens (including phenoxy) is 1. The van der Waals surface area contributed by atoms with Crippen LogP contribution in [0.2, 0.25) is 0 Å². The second-order valence-electron chi connectivity index (χ2n) is 7.06. The molecule has 6 nitrogen and oxygen atoms in total. The minimum absolute atomic E-state index is 0.177. The van der Waals surface area contributed by atoms with Crippen LogP contribution >= 0.6 is 0 Å². The van der Waals surface area contributed by atoms with Crippen LogP contribution in [0.4, 0.5) is 5.69 Å². The lowest BCUT2D eigenvalue weighted by atomic mass is 9.99. The van der Waals surface area contributed by atoms with Crippen molar-refractivity contribution >= 4 is 23.5 Å². The van der Waals surface area contributed by atoms with Crippen molar-refractivity contribution in [3.63, 3.8) is 0 Å². The molecule has 2 fully saturated rings. The zero-order valence-electron chi connectivity index (χ0n) is 14.7. The van der Waals surface area contributed by atoms with Crippen LogP contribution in [0, 0.1) is 11.8 Å². The SMILES string of the molecule is CC1CC(=O)N(c2ccccc2C(=O)OCC2CCCN(C)C2)C1=O. The van der Waals surface area contributed by atoms with Crippen LogP contribution in [0.15, 0.2) is 24.3 Å². The van der Waals surface area contributed by atoms with E-state index in [2.05, 4.69) is 11.9 Å². The zero-order chi connectivity index (χ0) is 18.0. The van der Waals surface area contributed by atoms with Gasteiger partial charge in [0.2, 0.25) is 11.8 Å². The average molecular weight is 344 g/mol. The van der Waals surface area contributed by atoms with Crippen molar-refractivity contribution in [2.24, 2.45) is 11.8 Å². The van der Waals surface area contributed by atoms with E-state index in [0.717, 1.165) is 30.8 Å². The van der Waals surface area contributed by atoms with E-state index in [1.54, 1.807) is 31.2 Å². The van der Waals surface area contributed by atoms with E-state index in [1.165, 1.54) is 0 Å². The van der Waals surface area contributed by atoms with Crippen molar-refractivity contribution < 1.29 is 19.1 Å². The number of likely N-dealkylation sites (tertiary alicyclic amines) is 1. The summed E-state index contributed by atoms with van der Waals surface area (Å²) in [4.78, 5) is 40.4. The van der Waals surface area contributed by atoms with Gasteiger partial charge in [-0.2, -0.15) is 0 Å². The van der Waals surface area contributed by atoms with E-state index in [0.29, 0.717) is 18.2 Å². The molecular weight excluding hydrogens is 320 g/mol. The zero-order valence-corrected chi connectivity index (χ0v) is 14.7. The van der Waals surface area contributed by atoms with Gasteiger partial charge in [-0.3, -0.25) is 9.59 Å². The first kappa shape index (κ1) is 17.6. The molecule has 0 spiro atoms. The minimum atomic E-state index is -0.482. The fourth-order valence-electron chi connectivity index (χ4n) is 3.56. The Morgan fingerprint density at radius 3 is 2.72 bits per heavy atom. The first-order valence-electron chi connectivity index (χ1n) is 8.79. The van der Waals surface area contributed by atoms with E-state index in [1.807, 2.05) is 0 Å². The Hall–Kier alpha value is -2.21. The van der Waals surface area contributed by atoms with Crippen LogP contribution in [-0.2, 0) is 14.3 Å². The van der Waals surface area contributed by atoms with Gasteiger partial charge in [-0.1, -0.05) is 19.1 Å². The highest BCUT2D eigenvalue weighted by Gasteiger charge is 2.38. The quantitative estimate of drug-likeness (QED) is 0.618. The van der Waals surface area contributed by atoms with Gasteiger partial charge in [-0.05, 0) is 38.6 Å². The normalized spacial score (nSPS) is 24.6. The summed E-state index contributed by atoms with van der Waals surface area (Å²) >= 11 is 0. The lowest BCUT2D eigenvalue weighted by Gasteiger charge is -2.29. The van der Waals surface area contributed by atoms with Crippen LogP contribution in [-0.4, -0.2) is 49.4 Å². The molecule has 134 valence electrons. The number of piperidine rings is 1. The molecule has 2 aliphatic heterocycles. The number of imide groups is 1. The number of para-hydroxylation sites is 1. The molecular formula is C19H24N2O4. The largest absolute Gasteiger partial charge is 0.462 e. The smallest absolute Gasteiger partial charge is 0.340 e. The third kappa shape index (κ3) is 3.74. The molecule has 0 aliphatic carbocycles. The number of benzene rings is 1.